The van der Waals surface area contributed by atoms with Crippen LogP contribution < -0.4 is 4.83 Å². The third kappa shape index (κ3) is 3.43. The Kier molecular flexibility index (Phi) is 4.04. The molecule has 0 fully saturated rings. The van der Waals surface area contributed by atoms with Gasteiger partial charge in [-0.25, -0.2) is 4.83 Å². The van der Waals surface area contributed by atoms with Crippen LogP contribution in [0.3, 0.4) is 0 Å². The third-order valence-corrected chi connectivity index (χ3v) is 4.39. The first-order chi connectivity index (χ1) is 9.79. The average Bonchev–Trinajstić information content (AvgIpc) is 2.70. The number of hydrogen-bond acceptors (Lipinski definition) is 3. The van der Waals surface area contributed by atoms with Gasteiger partial charge in [-0.15, -0.1) is 0 Å². The maximum absolute atomic E-state index is 12.3. The molecule has 2 rings (SSSR count). The van der Waals surface area contributed by atoms with Gasteiger partial charge in [-0.2, -0.15) is 8.42 Å². The van der Waals surface area contributed by atoms with E-state index in [1.165, 1.54) is 28.9 Å². The molecule has 2 aromatic rings. The van der Waals surface area contributed by atoms with Gasteiger partial charge >= 0.3 is 5.97 Å². The molecule has 0 aliphatic carbocycles. The SMILES string of the molecule is Cc1ccc(C)n1NS(=O)(=O)c1ccc(CC(=O)O)cc1. The monoisotopic (exact) mass is 308 g/mol. The molecule has 112 valence electrons. The molecule has 1 aromatic heterocycles. The second-order valence-electron chi connectivity index (χ2n) is 4.76. The van der Waals surface area contributed by atoms with Gasteiger partial charge in [-0.05, 0) is 43.7 Å². The van der Waals surface area contributed by atoms with Crippen molar-refractivity contribution in [3.63, 3.8) is 0 Å². The fourth-order valence-electron chi connectivity index (χ4n) is 1.95. The van der Waals surface area contributed by atoms with Gasteiger partial charge in [-0.3, -0.25) is 9.47 Å². The van der Waals surface area contributed by atoms with Crippen LogP contribution in [0.4, 0.5) is 0 Å². The summed E-state index contributed by atoms with van der Waals surface area (Å²) in [4.78, 5) is 13.2. The molecule has 21 heavy (non-hydrogen) atoms. The Hall–Kier alpha value is -2.28. The molecule has 0 radical (unpaired) electrons. The van der Waals surface area contributed by atoms with Crippen LogP contribution in [0.25, 0.3) is 0 Å². The summed E-state index contributed by atoms with van der Waals surface area (Å²) in [5.41, 5.74) is 2.10. The molecular weight excluding hydrogens is 292 g/mol. The van der Waals surface area contributed by atoms with Crippen LogP contribution >= 0.6 is 0 Å². The van der Waals surface area contributed by atoms with E-state index in [0.29, 0.717) is 5.56 Å². The van der Waals surface area contributed by atoms with Crippen molar-refractivity contribution in [3.8, 4) is 0 Å². The van der Waals surface area contributed by atoms with Gasteiger partial charge in [0.15, 0.2) is 0 Å². The summed E-state index contributed by atoms with van der Waals surface area (Å²) >= 11 is 0. The molecule has 1 heterocycles. The van der Waals surface area contributed by atoms with Gasteiger partial charge in [0.2, 0.25) is 0 Å². The fourth-order valence-corrected chi connectivity index (χ4v) is 3.07. The standard InChI is InChI=1S/C14H16N2O4S/c1-10-3-4-11(2)16(10)15-21(19,20)13-7-5-12(6-8-13)9-14(17)18/h3-8,15H,9H2,1-2H3,(H,17,18). The zero-order chi connectivity index (χ0) is 15.6. The second kappa shape index (κ2) is 5.61. The summed E-state index contributed by atoms with van der Waals surface area (Å²) in [7, 11) is -3.71. The highest BCUT2D eigenvalue weighted by Gasteiger charge is 2.16. The number of nitrogens with zero attached hydrogens (tertiary/aromatic N) is 1. The van der Waals surface area contributed by atoms with Crippen molar-refractivity contribution in [2.24, 2.45) is 0 Å². The molecule has 0 aliphatic rings. The molecule has 6 nitrogen and oxygen atoms in total. The van der Waals surface area contributed by atoms with Crippen molar-refractivity contribution in [2.75, 3.05) is 4.83 Å². The van der Waals surface area contributed by atoms with Gasteiger partial charge in [0.1, 0.15) is 0 Å². The predicted octanol–water partition coefficient (Wildman–Crippen LogP) is 1.66. The fraction of sp³-hybridized carbons (Fsp3) is 0.214. The van der Waals surface area contributed by atoms with E-state index in [1.807, 2.05) is 12.1 Å². The maximum atomic E-state index is 12.3. The maximum Gasteiger partial charge on any atom is 0.307 e. The first kappa shape index (κ1) is 15.1. The van der Waals surface area contributed by atoms with Crippen molar-refractivity contribution in [1.82, 2.24) is 4.68 Å². The van der Waals surface area contributed by atoms with E-state index in [-0.39, 0.29) is 11.3 Å². The summed E-state index contributed by atoms with van der Waals surface area (Å²) in [5, 5.41) is 8.69. The lowest BCUT2D eigenvalue weighted by molar-refractivity contribution is -0.136. The van der Waals surface area contributed by atoms with Crippen molar-refractivity contribution in [1.29, 1.82) is 0 Å². The van der Waals surface area contributed by atoms with Crippen LogP contribution in [-0.2, 0) is 21.2 Å². The topological polar surface area (TPSA) is 88.4 Å². The highest BCUT2D eigenvalue weighted by atomic mass is 32.2. The number of carboxylic acid groups (broad SMARTS) is 1. The van der Waals surface area contributed by atoms with Gasteiger partial charge in [-0.1, -0.05) is 12.1 Å². The van der Waals surface area contributed by atoms with Crippen LogP contribution in [0.15, 0.2) is 41.3 Å². The largest absolute Gasteiger partial charge is 0.481 e. The van der Waals surface area contributed by atoms with Crippen LogP contribution in [0.2, 0.25) is 0 Å². The molecule has 2 N–H and O–H groups in total. The van der Waals surface area contributed by atoms with Crippen LogP contribution in [0.1, 0.15) is 17.0 Å². The Morgan fingerprint density at radius 2 is 1.62 bits per heavy atom. The minimum atomic E-state index is -3.71. The lowest BCUT2D eigenvalue weighted by atomic mass is 10.2. The van der Waals surface area contributed by atoms with E-state index in [4.69, 9.17) is 5.11 Å². The number of aliphatic carboxylic acids is 1. The minimum absolute atomic E-state index is 0.0872. The number of benzene rings is 1. The molecular formula is C14H16N2O4S. The number of carbonyl (C=O) groups is 1. The Bertz CT molecular complexity index is 741. The van der Waals surface area contributed by atoms with Gasteiger partial charge in [0, 0.05) is 11.4 Å². The van der Waals surface area contributed by atoms with Gasteiger partial charge in [0.05, 0.1) is 11.3 Å². The van der Waals surface area contributed by atoms with Crippen LogP contribution in [0, 0.1) is 13.8 Å². The average molecular weight is 308 g/mol. The lowest BCUT2D eigenvalue weighted by Gasteiger charge is -2.13. The number of hydrogen-bond donors (Lipinski definition) is 2. The predicted molar refractivity (Wildman–Crippen MR) is 78.2 cm³/mol. The molecule has 0 aliphatic heterocycles. The molecule has 0 saturated heterocycles. The Labute approximate surface area is 123 Å². The summed E-state index contributed by atoms with van der Waals surface area (Å²) < 4.78 is 26.1. The molecule has 7 heteroatoms. The normalized spacial score (nSPS) is 11.3. The smallest absolute Gasteiger partial charge is 0.307 e. The summed E-state index contributed by atoms with van der Waals surface area (Å²) in [6.45, 7) is 3.59. The zero-order valence-electron chi connectivity index (χ0n) is 11.7. The van der Waals surface area contributed by atoms with E-state index in [9.17, 15) is 13.2 Å². The van der Waals surface area contributed by atoms with Crippen molar-refractivity contribution >= 4 is 16.0 Å². The van der Waals surface area contributed by atoms with Crippen molar-refractivity contribution in [3.05, 3.63) is 53.3 Å². The van der Waals surface area contributed by atoms with E-state index in [0.717, 1.165) is 11.4 Å². The van der Waals surface area contributed by atoms with E-state index in [1.54, 1.807) is 13.8 Å². The number of nitrogens with one attached hydrogen (secondary N) is 1. The lowest BCUT2D eigenvalue weighted by Crippen LogP contribution is -2.25. The Morgan fingerprint density at radius 1 is 1.10 bits per heavy atom. The van der Waals surface area contributed by atoms with Crippen molar-refractivity contribution in [2.45, 2.75) is 25.2 Å². The number of rotatable bonds is 5. The molecule has 0 bridgehead atoms. The minimum Gasteiger partial charge on any atom is -0.481 e. The molecule has 0 atom stereocenters. The third-order valence-electron chi connectivity index (χ3n) is 3.07. The number of aromatic nitrogens is 1. The van der Waals surface area contributed by atoms with E-state index < -0.39 is 16.0 Å². The molecule has 1 aromatic carbocycles. The van der Waals surface area contributed by atoms with Crippen LogP contribution in [-0.4, -0.2) is 24.2 Å². The molecule has 0 spiro atoms. The highest BCUT2D eigenvalue weighted by Crippen LogP contribution is 2.14. The number of carboxylic acids is 1. The van der Waals surface area contributed by atoms with E-state index >= 15 is 0 Å². The highest BCUT2D eigenvalue weighted by molar-refractivity contribution is 7.92. The zero-order valence-corrected chi connectivity index (χ0v) is 12.5. The Balaban J connectivity index is 2.26. The summed E-state index contributed by atoms with van der Waals surface area (Å²) in [6, 6.07) is 9.42. The van der Waals surface area contributed by atoms with Crippen molar-refractivity contribution < 1.29 is 18.3 Å². The number of sulfonamides is 1. The van der Waals surface area contributed by atoms with Gasteiger partial charge < -0.3 is 5.11 Å². The summed E-state index contributed by atoms with van der Waals surface area (Å²) in [6.07, 6.45) is -0.135. The molecule has 0 amide bonds. The van der Waals surface area contributed by atoms with Gasteiger partial charge in [0.25, 0.3) is 10.0 Å². The Morgan fingerprint density at radius 3 is 2.10 bits per heavy atom. The quantitative estimate of drug-likeness (QED) is 0.879. The van der Waals surface area contributed by atoms with E-state index in [2.05, 4.69) is 4.83 Å². The number of aryl methyl sites for hydroxylation is 2. The second-order valence-corrected chi connectivity index (χ2v) is 6.42. The molecule has 0 unspecified atom stereocenters. The first-order valence-corrected chi connectivity index (χ1v) is 7.76. The van der Waals surface area contributed by atoms with Crippen LogP contribution in [0.5, 0.6) is 0 Å². The first-order valence-electron chi connectivity index (χ1n) is 6.28. The summed E-state index contributed by atoms with van der Waals surface area (Å²) in [5.74, 6) is -0.956. The molecule has 0 saturated carbocycles.